The molecule has 0 radical (unpaired) electrons. The molecule has 0 aromatic heterocycles. The van der Waals surface area contributed by atoms with Gasteiger partial charge in [0.1, 0.15) is 0 Å². The van der Waals surface area contributed by atoms with E-state index in [9.17, 15) is 0 Å². The van der Waals surface area contributed by atoms with E-state index in [0.29, 0.717) is 6.04 Å². The van der Waals surface area contributed by atoms with Crippen molar-refractivity contribution in [3.8, 4) is 0 Å². The van der Waals surface area contributed by atoms with Crippen LogP contribution in [-0.4, -0.2) is 17.1 Å². The van der Waals surface area contributed by atoms with Crippen LogP contribution < -0.4 is 11.1 Å². The molecular formula is C15H23N3O. The summed E-state index contributed by atoms with van der Waals surface area (Å²) in [7, 11) is 0. The lowest BCUT2D eigenvalue weighted by atomic mass is 10.1. The fraction of sp³-hybridized carbons (Fsp3) is 0.533. The Morgan fingerprint density at radius 1 is 1.53 bits per heavy atom. The van der Waals surface area contributed by atoms with Crippen molar-refractivity contribution in [1.82, 2.24) is 5.32 Å². The first-order valence-corrected chi connectivity index (χ1v) is 7.03. The largest absolute Gasteiger partial charge is 0.409 e. The molecule has 1 unspecified atom stereocenters. The summed E-state index contributed by atoms with van der Waals surface area (Å²) in [5, 5.41) is 15.3. The van der Waals surface area contributed by atoms with Gasteiger partial charge in [0.05, 0.1) is 0 Å². The monoisotopic (exact) mass is 261 g/mol. The van der Waals surface area contributed by atoms with Gasteiger partial charge < -0.3 is 16.3 Å². The molecule has 1 aliphatic rings. The summed E-state index contributed by atoms with van der Waals surface area (Å²) in [6.07, 6.45) is 5.25. The molecule has 0 bridgehead atoms. The first kappa shape index (κ1) is 13.9. The number of nitrogens with zero attached hydrogens (tertiary/aromatic N) is 1. The summed E-state index contributed by atoms with van der Waals surface area (Å²) in [4.78, 5) is 0. The maximum Gasteiger partial charge on any atom is 0.170 e. The maximum absolute atomic E-state index is 8.69. The highest BCUT2D eigenvalue weighted by molar-refractivity contribution is 5.97. The molecule has 1 aromatic rings. The third-order valence-electron chi connectivity index (χ3n) is 3.73. The van der Waals surface area contributed by atoms with E-state index in [1.54, 1.807) is 0 Å². The van der Waals surface area contributed by atoms with Crippen LogP contribution in [0.1, 0.15) is 43.7 Å². The molecule has 2 rings (SSSR count). The van der Waals surface area contributed by atoms with Gasteiger partial charge in [-0.05, 0) is 30.4 Å². The zero-order chi connectivity index (χ0) is 13.7. The molecule has 0 amide bonds. The van der Waals surface area contributed by atoms with Crippen LogP contribution >= 0.6 is 0 Å². The molecule has 1 aromatic carbocycles. The number of nitrogens with two attached hydrogens (primary N) is 1. The van der Waals surface area contributed by atoms with E-state index in [1.165, 1.54) is 24.8 Å². The zero-order valence-electron chi connectivity index (χ0n) is 11.5. The summed E-state index contributed by atoms with van der Waals surface area (Å²) in [6.45, 7) is 3.06. The lowest BCUT2D eigenvalue weighted by Crippen LogP contribution is -2.28. The smallest absolute Gasteiger partial charge is 0.170 e. The van der Waals surface area contributed by atoms with Crippen LogP contribution in [0.2, 0.25) is 0 Å². The number of rotatable bonds is 7. The Kier molecular flexibility index (Phi) is 4.80. The molecule has 1 saturated carbocycles. The zero-order valence-corrected chi connectivity index (χ0v) is 11.5. The van der Waals surface area contributed by atoms with Crippen molar-refractivity contribution in [2.75, 3.05) is 0 Å². The van der Waals surface area contributed by atoms with Crippen molar-refractivity contribution in [3.05, 3.63) is 35.4 Å². The van der Waals surface area contributed by atoms with Crippen LogP contribution in [0.25, 0.3) is 0 Å². The topological polar surface area (TPSA) is 70.6 Å². The Labute approximate surface area is 114 Å². The Bertz CT molecular complexity index is 441. The minimum Gasteiger partial charge on any atom is -0.409 e. The average molecular weight is 261 g/mol. The van der Waals surface area contributed by atoms with Crippen LogP contribution in [0.4, 0.5) is 0 Å². The second-order valence-corrected chi connectivity index (χ2v) is 5.35. The number of hydrogen-bond donors (Lipinski definition) is 3. The highest BCUT2D eigenvalue weighted by Gasteiger charge is 2.24. The molecule has 0 saturated heterocycles. The van der Waals surface area contributed by atoms with E-state index in [1.807, 2.05) is 18.2 Å². The predicted molar refractivity (Wildman–Crippen MR) is 77.2 cm³/mol. The molecule has 0 heterocycles. The fourth-order valence-electron chi connectivity index (χ4n) is 2.31. The van der Waals surface area contributed by atoms with Crippen LogP contribution in [0.5, 0.6) is 0 Å². The van der Waals surface area contributed by atoms with Gasteiger partial charge in [-0.2, -0.15) is 0 Å². The van der Waals surface area contributed by atoms with E-state index in [4.69, 9.17) is 10.9 Å². The number of hydrogen-bond acceptors (Lipinski definition) is 3. The SMILES string of the molecule is CCC(CC1CC1)NCc1cccc(C(N)=NO)c1. The fourth-order valence-corrected chi connectivity index (χ4v) is 2.31. The van der Waals surface area contributed by atoms with E-state index in [-0.39, 0.29) is 5.84 Å². The van der Waals surface area contributed by atoms with Crippen LogP contribution in [0.3, 0.4) is 0 Å². The van der Waals surface area contributed by atoms with Gasteiger partial charge in [-0.15, -0.1) is 0 Å². The van der Waals surface area contributed by atoms with Crippen molar-refractivity contribution >= 4 is 5.84 Å². The number of nitrogens with one attached hydrogen (secondary N) is 1. The predicted octanol–water partition coefficient (Wildman–Crippen LogP) is 2.45. The number of benzene rings is 1. The Morgan fingerprint density at radius 2 is 2.32 bits per heavy atom. The third-order valence-corrected chi connectivity index (χ3v) is 3.73. The third kappa shape index (κ3) is 4.24. The highest BCUT2D eigenvalue weighted by Crippen LogP contribution is 2.34. The Morgan fingerprint density at radius 3 is 2.95 bits per heavy atom. The van der Waals surface area contributed by atoms with Crippen molar-refractivity contribution in [2.45, 2.75) is 45.2 Å². The van der Waals surface area contributed by atoms with Crippen LogP contribution in [0, 0.1) is 5.92 Å². The second kappa shape index (κ2) is 6.57. The van der Waals surface area contributed by atoms with Gasteiger partial charge in [0.25, 0.3) is 0 Å². The van der Waals surface area contributed by atoms with Gasteiger partial charge in [-0.25, -0.2) is 0 Å². The molecule has 0 spiro atoms. The summed E-state index contributed by atoms with van der Waals surface area (Å²) >= 11 is 0. The van der Waals surface area contributed by atoms with Gasteiger partial charge in [-0.3, -0.25) is 0 Å². The number of oxime groups is 1. The minimum atomic E-state index is 0.159. The van der Waals surface area contributed by atoms with Crippen molar-refractivity contribution in [2.24, 2.45) is 16.8 Å². The summed E-state index contributed by atoms with van der Waals surface area (Å²) < 4.78 is 0. The van der Waals surface area contributed by atoms with E-state index in [0.717, 1.165) is 24.4 Å². The van der Waals surface area contributed by atoms with Gasteiger partial charge in [0.2, 0.25) is 0 Å². The molecule has 1 atom stereocenters. The molecule has 1 fully saturated rings. The first-order valence-electron chi connectivity index (χ1n) is 7.03. The van der Waals surface area contributed by atoms with E-state index >= 15 is 0 Å². The second-order valence-electron chi connectivity index (χ2n) is 5.35. The van der Waals surface area contributed by atoms with Crippen molar-refractivity contribution in [1.29, 1.82) is 0 Å². The molecule has 4 heteroatoms. The lowest BCUT2D eigenvalue weighted by Gasteiger charge is -2.16. The van der Waals surface area contributed by atoms with Crippen LogP contribution in [0.15, 0.2) is 29.4 Å². The maximum atomic E-state index is 8.69. The summed E-state index contributed by atoms with van der Waals surface area (Å²) in [6, 6.07) is 8.41. The van der Waals surface area contributed by atoms with Gasteiger partial charge in [0.15, 0.2) is 5.84 Å². The quantitative estimate of drug-likeness (QED) is 0.305. The molecule has 0 aliphatic heterocycles. The minimum absolute atomic E-state index is 0.159. The van der Waals surface area contributed by atoms with Crippen molar-refractivity contribution < 1.29 is 5.21 Å². The van der Waals surface area contributed by atoms with Crippen LogP contribution in [-0.2, 0) is 6.54 Å². The Balaban J connectivity index is 1.90. The summed E-state index contributed by atoms with van der Waals surface area (Å²) in [5.41, 5.74) is 7.53. The molecule has 1 aliphatic carbocycles. The molecule has 4 nitrogen and oxygen atoms in total. The van der Waals surface area contributed by atoms with Gasteiger partial charge in [-0.1, -0.05) is 43.1 Å². The highest BCUT2D eigenvalue weighted by atomic mass is 16.4. The standard InChI is InChI=1S/C15H23N3O/c1-2-14(9-11-6-7-11)17-10-12-4-3-5-13(8-12)15(16)18-19/h3-5,8,11,14,17,19H,2,6-7,9-10H2,1H3,(H2,16,18). The first-order chi connectivity index (χ1) is 9.22. The van der Waals surface area contributed by atoms with Gasteiger partial charge >= 0.3 is 0 Å². The van der Waals surface area contributed by atoms with Gasteiger partial charge in [0, 0.05) is 18.2 Å². The average Bonchev–Trinajstić information content (AvgIpc) is 3.26. The van der Waals surface area contributed by atoms with E-state index < -0.39 is 0 Å². The molecule has 104 valence electrons. The number of amidine groups is 1. The normalized spacial score (nSPS) is 17.4. The molecular weight excluding hydrogens is 238 g/mol. The summed E-state index contributed by atoms with van der Waals surface area (Å²) in [5.74, 6) is 1.10. The molecule has 19 heavy (non-hydrogen) atoms. The lowest BCUT2D eigenvalue weighted by molar-refractivity contribution is 0.318. The Hall–Kier alpha value is -1.55. The van der Waals surface area contributed by atoms with E-state index in [2.05, 4.69) is 23.5 Å². The molecule has 4 N–H and O–H groups in total. The van der Waals surface area contributed by atoms with Crippen molar-refractivity contribution in [3.63, 3.8) is 0 Å².